The van der Waals surface area contributed by atoms with Crippen LogP contribution in [0.25, 0.3) is 0 Å². The molecule has 0 heterocycles. The lowest BCUT2D eigenvalue weighted by atomic mass is 10.1. The van der Waals surface area contributed by atoms with E-state index in [1.807, 2.05) is 6.07 Å². The number of halogens is 1. The number of rotatable bonds is 6. The first-order chi connectivity index (χ1) is 11.5. The number of hydrogen-bond acceptors (Lipinski definition) is 4. The van der Waals surface area contributed by atoms with E-state index in [0.717, 1.165) is 0 Å². The normalized spacial score (nSPS) is 11.2. The summed E-state index contributed by atoms with van der Waals surface area (Å²) < 4.78 is 23.9. The summed E-state index contributed by atoms with van der Waals surface area (Å²) in [6.07, 6.45) is 0. The topological polar surface area (TPSA) is 71.3 Å². The third-order valence-electron chi connectivity index (χ3n) is 3.41. The molecule has 0 radical (unpaired) electrons. The minimum absolute atomic E-state index is 0.154. The maximum absolute atomic E-state index is 13.7. The lowest BCUT2D eigenvalue weighted by Crippen LogP contribution is -2.31. The number of amides is 1. The zero-order valence-corrected chi connectivity index (χ0v) is 13.4. The van der Waals surface area contributed by atoms with Crippen molar-refractivity contribution in [2.45, 2.75) is 13.0 Å². The molecular formula is C18H17FN2O3. The predicted molar refractivity (Wildman–Crippen MR) is 86.2 cm³/mol. The second kappa shape index (κ2) is 7.97. The molecule has 1 amide bonds. The van der Waals surface area contributed by atoms with Crippen LogP contribution in [0.2, 0.25) is 0 Å². The summed E-state index contributed by atoms with van der Waals surface area (Å²) in [4.78, 5) is 11.9. The zero-order valence-electron chi connectivity index (χ0n) is 13.4. The lowest BCUT2D eigenvalue weighted by Gasteiger charge is -2.15. The van der Waals surface area contributed by atoms with Crippen LogP contribution in [0.5, 0.6) is 11.5 Å². The molecule has 0 spiro atoms. The second-order valence-corrected chi connectivity index (χ2v) is 5.11. The van der Waals surface area contributed by atoms with Crippen molar-refractivity contribution < 1.29 is 18.7 Å². The molecule has 1 atom stereocenters. The highest BCUT2D eigenvalue weighted by molar-refractivity contribution is 5.78. The van der Waals surface area contributed by atoms with E-state index in [9.17, 15) is 9.18 Å². The molecule has 124 valence electrons. The Hall–Kier alpha value is -3.07. The number of hydrogen-bond donors (Lipinski definition) is 1. The second-order valence-electron chi connectivity index (χ2n) is 5.11. The molecule has 0 aliphatic carbocycles. The summed E-state index contributed by atoms with van der Waals surface area (Å²) in [6, 6.07) is 12.6. The molecule has 0 saturated heterocycles. The van der Waals surface area contributed by atoms with Crippen LogP contribution in [0.3, 0.4) is 0 Å². The fourth-order valence-corrected chi connectivity index (χ4v) is 2.09. The molecular weight excluding hydrogens is 311 g/mol. The first-order valence-corrected chi connectivity index (χ1v) is 7.29. The molecule has 0 bridgehead atoms. The van der Waals surface area contributed by atoms with Crippen LogP contribution in [-0.4, -0.2) is 19.6 Å². The number of nitriles is 1. The van der Waals surface area contributed by atoms with Gasteiger partial charge in [-0.3, -0.25) is 4.79 Å². The van der Waals surface area contributed by atoms with Crippen molar-refractivity contribution >= 4 is 5.91 Å². The number of methoxy groups -OCH3 is 1. The van der Waals surface area contributed by atoms with Crippen molar-refractivity contribution in [1.29, 1.82) is 5.26 Å². The molecule has 1 N–H and O–H groups in total. The molecule has 6 heteroatoms. The Labute approximate surface area is 139 Å². The van der Waals surface area contributed by atoms with E-state index in [0.29, 0.717) is 16.9 Å². The maximum atomic E-state index is 13.7. The van der Waals surface area contributed by atoms with Crippen LogP contribution < -0.4 is 14.8 Å². The summed E-state index contributed by atoms with van der Waals surface area (Å²) in [5.41, 5.74) is 1.14. The Morgan fingerprint density at radius 1 is 1.29 bits per heavy atom. The molecule has 0 unspecified atom stereocenters. The van der Waals surface area contributed by atoms with E-state index in [4.69, 9.17) is 14.7 Å². The summed E-state index contributed by atoms with van der Waals surface area (Å²) in [6.45, 7) is 1.58. The molecule has 0 saturated carbocycles. The third kappa shape index (κ3) is 4.46. The van der Waals surface area contributed by atoms with Gasteiger partial charge >= 0.3 is 0 Å². The quantitative estimate of drug-likeness (QED) is 0.885. The molecule has 24 heavy (non-hydrogen) atoms. The highest BCUT2D eigenvalue weighted by atomic mass is 19.1. The van der Waals surface area contributed by atoms with E-state index >= 15 is 0 Å². The van der Waals surface area contributed by atoms with Gasteiger partial charge in [0.15, 0.2) is 18.2 Å². The van der Waals surface area contributed by atoms with Gasteiger partial charge in [-0.1, -0.05) is 6.07 Å². The Bertz CT molecular complexity index is 754. The van der Waals surface area contributed by atoms with Gasteiger partial charge < -0.3 is 14.8 Å². The van der Waals surface area contributed by atoms with Gasteiger partial charge in [-0.25, -0.2) is 4.39 Å². The summed E-state index contributed by atoms with van der Waals surface area (Å²) in [5, 5.41) is 11.4. The average Bonchev–Trinajstić information content (AvgIpc) is 2.60. The van der Waals surface area contributed by atoms with Crippen molar-refractivity contribution in [1.82, 2.24) is 5.32 Å². The zero-order chi connectivity index (χ0) is 17.5. The van der Waals surface area contributed by atoms with Crippen molar-refractivity contribution in [2.24, 2.45) is 0 Å². The van der Waals surface area contributed by atoms with E-state index in [2.05, 4.69) is 5.32 Å². The van der Waals surface area contributed by atoms with Gasteiger partial charge in [0, 0.05) is 0 Å². The number of nitrogens with one attached hydrogen (secondary N) is 1. The smallest absolute Gasteiger partial charge is 0.258 e. The van der Waals surface area contributed by atoms with Gasteiger partial charge in [-0.05, 0) is 48.9 Å². The van der Waals surface area contributed by atoms with Crippen LogP contribution in [-0.2, 0) is 4.79 Å². The molecule has 0 fully saturated rings. The molecule has 0 aliphatic rings. The number of benzene rings is 2. The fraction of sp³-hybridized carbons (Fsp3) is 0.222. The number of nitrogens with zero attached hydrogens (tertiary/aromatic N) is 1. The van der Waals surface area contributed by atoms with Crippen LogP contribution >= 0.6 is 0 Å². The van der Waals surface area contributed by atoms with Gasteiger partial charge in [-0.15, -0.1) is 0 Å². The van der Waals surface area contributed by atoms with Crippen LogP contribution in [0, 0.1) is 17.1 Å². The molecule has 0 aromatic heterocycles. The first-order valence-electron chi connectivity index (χ1n) is 7.29. The van der Waals surface area contributed by atoms with Crippen LogP contribution in [0.4, 0.5) is 4.39 Å². The Kier molecular flexibility index (Phi) is 5.74. The van der Waals surface area contributed by atoms with Crippen molar-refractivity contribution in [3.63, 3.8) is 0 Å². The minimum atomic E-state index is -0.482. The molecule has 0 aliphatic heterocycles. The maximum Gasteiger partial charge on any atom is 0.258 e. The summed E-state index contributed by atoms with van der Waals surface area (Å²) in [5.74, 6) is -0.165. The highest BCUT2D eigenvalue weighted by Gasteiger charge is 2.12. The van der Waals surface area contributed by atoms with Gasteiger partial charge in [0.1, 0.15) is 5.75 Å². The average molecular weight is 328 g/mol. The Balaban J connectivity index is 1.89. The number of ether oxygens (including phenoxy) is 2. The standard InChI is InChI=1S/C18H17FN2O3/c1-12(14-5-8-17(23-2)16(19)9-14)21-18(22)11-24-15-6-3-13(10-20)4-7-15/h3-9,12H,11H2,1-2H3,(H,21,22)/t12-/m0/s1. The highest BCUT2D eigenvalue weighted by Crippen LogP contribution is 2.21. The van der Waals surface area contributed by atoms with Gasteiger partial charge in [0.05, 0.1) is 24.8 Å². The third-order valence-corrected chi connectivity index (χ3v) is 3.41. The first kappa shape index (κ1) is 17.3. The molecule has 5 nitrogen and oxygen atoms in total. The van der Waals surface area contributed by atoms with Crippen LogP contribution in [0.15, 0.2) is 42.5 Å². The van der Waals surface area contributed by atoms with E-state index in [-0.39, 0.29) is 24.3 Å². The van der Waals surface area contributed by atoms with E-state index in [1.165, 1.54) is 19.2 Å². The minimum Gasteiger partial charge on any atom is -0.494 e. The summed E-state index contributed by atoms with van der Waals surface area (Å²) in [7, 11) is 1.39. The van der Waals surface area contributed by atoms with Gasteiger partial charge in [-0.2, -0.15) is 5.26 Å². The monoisotopic (exact) mass is 328 g/mol. The largest absolute Gasteiger partial charge is 0.494 e. The van der Waals surface area contributed by atoms with Crippen LogP contribution in [0.1, 0.15) is 24.1 Å². The van der Waals surface area contributed by atoms with Crippen molar-refractivity contribution in [3.8, 4) is 17.6 Å². The Morgan fingerprint density at radius 2 is 2.00 bits per heavy atom. The number of carbonyl (C=O) groups excluding carboxylic acids is 1. The van der Waals surface area contributed by atoms with E-state index < -0.39 is 5.82 Å². The van der Waals surface area contributed by atoms with Crippen molar-refractivity contribution in [2.75, 3.05) is 13.7 Å². The summed E-state index contributed by atoms with van der Waals surface area (Å²) >= 11 is 0. The fourth-order valence-electron chi connectivity index (χ4n) is 2.09. The molecule has 2 rings (SSSR count). The van der Waals surface area contributed by atoms with Gasteiger partial charge in [0.25, 0.3) is 5.91 Å². The predicted octanol–water partition coefficient (Wildman–Crippen LogP) is 2.96. The van der Waals surface area contributed by atoms with Crippen molar-refractivity contribution in [3.05, 3.63) is 59.4 Å². The molecule has 2 aromatic carbocycles. The Morgan fingerprint density at radius 3 is 2.58 bits per heavy atom. The SMILES string of the molecule is COc1ccc([C@H](C)NC(=O)COc2ccc(C#N)cc2)cc1F. The molecule has 2 aromatic rings. The number of carbonyl (C=O) groups is 1. The van der Waals surface area contributed by atoms with E-state index in [1.54, 1.807) is 37.3 Å². The lowest BCUT2D eigenvalue weighted by molar-refractivity contribution is -0.123. The van der Waals surface area contributed by atoms with Gasteiger partial charge in [0.2, 0.25) is 0 Å².